The molecule has 0 amide bonds. The van der Waals surface area contributed by atoms with Crippen molar-refractivity contribution in [3.63, 3.8) is 0 Å². The third-order valence-electron chi connectivity index (χ3n) is 4.88. The molecule has 146 valence electrons. The summed E-state index contributed by atoms with van der Waals surface area (Å²) in [4.78, 5) is 2.26. The number of benzene rings is 2. The first-order valence-corrected chi connectivity index (χ1v) is 11.1. The van der Waals surface area contributed by atoms with Crippen molar-refractivity contribution < 1.29 is 13.2 Å². The van der Waals surface area contributed by atoms with E-state index in [9.17, 15) is 8.42 Å². The van der Waals surface area contributed by atoms with Gasteiger partial charge in [-0.15, -0.1) is 0 Å². The zero-order valence-electron chi connectivity index (χ0n) is 15.9. The monoisotopic (exact) mass is 388 g/mol. The van der Waals surface area contributed by atoms with Gasteiger partial charge in [0.15, 0.2) is 0 Å². The van der Waals surface area contributed by atoms with Gasteiger partial charge in [0.1, 0.15) is 12.4 Å². The molecule has 1 heterocycles. The maximum absolute atomic E-state index is 12.6. The molecular weight excluding hydrogens is 360 g/mol. The van der Waals surface area contributed by atoms with Gasteiger partial charge in [-0.25, -0.2) is 8.42 Å². The molecule has 2 aromatic carbocycles. The predicted molar refractivity (Wildman–Crippen MR) is 109 cm³/mol. The summed E-state index contributed by atoms with van der Waals surface area (Å²) in [5.74, 6) is 1.06. The van der Waals surface area contributed by atoms with Crippen LogP contribution in [0.4, 0.5) is 0 Å². The lowest BCUT2D eigenvalue weighted by molar-refractivity contribution is 0.159. The number of rotatable bonds is 8. The highest BCUT2D eigenvalue weighted by molar-refractivity contribution is 7.89. The lowest BCUT2D eigenvalue weighted by Gasteiger charge is -2.33. The van der Waals surface area contributed by atoms with E-state index in [2.05, 4.69) is 4.90 Å². The molecule has 6 heteroatoms. The Bertz CT molecular complexity index is 816. The number of ether oxygens (including phenoxy) is 1. The van der Waals surface area contributed by atoms with Crippen LogP contribution in [0.15, 0.2) is 54.6 Å². The summed E-state index contributed by atoms with van der Waals surface area (Å²) in [5, 5.41) is 0. The van der Waals surface area contributed by atoms with Crippen LogP contribution in [0.5, 0.6) is 5.75 Å². The molecule has 3 rings (SSSR count). The summed E-state index contributed by atoms with van der Waals surface area (Å²) in [5.41, 5.74) is 2.25. The van der Waals surface area contributed by atoms with Crippen molar-refractivity contribution in [1.29, 1.82) is 0 Å². The van der Waals surface area contributed by atoms with Gasteiger partial charge in [-0.1, -0.05) is 42.5 Å². The minimum absolute atomic E-state index is 0.174. The SMILES string of the molecule is Cc1cccc(OCCN2CCN(S(=O)(=O)CCc3ccccc3)CC2)c1. The fourth-order valence-corrected chi connectivity index (χ4v) is 4.72. The molecule has 0 atom stereocenters. The zero-order valence-corrected chi connectivity index (χ0v) is 16.7. The number of hydrogen-bond acceptors (Lipinski definition) is 4. The van der Waals surface area contributed by atoms with Crippen LogP contribution in [0.1, 0.15) is 11.1 Å². The van der Waals surface area contributed by atoms with Crippen molar-refractivity contribution in [3.8, 4) is 5.75 Å². The minimum atomic E-state index is -3.20. The van der Waals surface area contributed by atoms with Crippen molar-refractivity contribution in [2.75, 3.05) is 45.1 Å². The Morgan fingerprint density at radius 2 is 1.70 bits per heavy atom. The highest BCUT2D eigenvalue weighted by Crippen LogP contribution is 2.13. The molecule has 0 radical (unpaired) electrons. The second-order valence-electron chi connectivity index (χ2n) is 6.96. The van der Waals surface area contributed by atoms with E-state index in [1.807, 2.05) is 61.5 Å². The fraction of sp³-hybridized carbons (Fsp3) is 0.429. The number of sulfonamides is 1. The fourth-order valence-electron chi connectivity index (χ4n) is 3.25. The van der Waals surface area contributed by atoms with E-state index in [1.54, 1.807) is 4.31 Å². The first-order chi connectivity index (χ1) is 13.0. The molecule has 1 saturated heterocycles. The molecule has 2 aromatic rings. The molecule has 27 heavy (non-hydrogen) atoms. The molecule has 1 aliphatic heterocycles. The van der Waals surface area contributed by atoms with Gasteiger partial charge in [0.25, 0.3) is 0 Å². The van der Waals surface area contributed by atoms with E-state index >= 15 is 0 Å². The third-order valence-corrected chi connectivity index (χ3v) is 6.75. The van der Waals surface area contributed by atoms with Gasteiger partial charge in [0.05, 0.1) is 5.75 Å². The first kappa shape index (κ1) is 19.9. The highest BCUT2D eigenvalue weighted by atomic mass is 32.2. The van der Waals surface area contributed by atoms with Gasteiger partial charge in [-0.05, 0) is 36.6 Å². The summed E-state index contributed by atoms with van der Waals surface area (Å²) >= 11 is 0. The van der Waals surface area contributed by atoms with Gasteiger partial charge < -0.3 is 4.74 Å². The predicted octanol–water partition coefficient (Wildman–Crippen LogP) is 2.56. The maximum Gasteiger partial charge on any atom is 0.214 e. The molecule has 0 bridgehead atoms. The van der Waals surface area contributed by atoms with Crippen LogP contribution in [0.25, 0.3) is 0 Å². The molecule has 0 aromatic heterocycles. The summed E-state index contributed by atoms with van der Waals surface area (Å²) in [6, 6.07) is 17.8. The van der Waals surface area contributed by atoms with Crippen LogP contribution in [-0.2, 0) is 16.4 Å². The van der Waals surface area contributed by atoms with E-state index in [1.165, 1.54) is 5.56 Å². The van der Waals surface area contributed by atoms with Crippen LogP contribution in [0.3, 0.4) is 0 Å². The lowest BCUT2D eigenvalue weighted by Crippen LogP contribution is -2.50. The number of piperazine rings is 1. The number of hydrogen-bond donors (Lipinski definition) is 0. The summed E-state index contributed by atoms with van der Waals surface area (Å²) in [6.07, 6.45) is 0.563. The molecule has 0 N–H and O–H groups in total. The van der Waals surface area contributed by atoms with Crippen molar-refractivity contribution in [2.45, 2.75) is 13.3 Å². The van der Waals surface area contributed by atoms with E-state index in [0.717, 1.165) is 30.9 Å². The molecule has 1 fully saturated rings. The molecule has 0 unspecified atom stereocenters. The topological polar surface area (TPSA) is 49.9 Å². The van der Waals surface area contributed by atoms with E-state index < -0.39 is 10.0 Å². The molecule has 0 saturated carbocycles. The molecule has 0 spiro atoms. The Morgan fingerprint density at radius 3 is 2.41 bits per heavy atom. The van der Waals surface area contributed by atoms with Crippen LogP contribution in [0.2, 0.25) is 0 Å². The second-order valence-corrected chi connectivity index (χ2v) is 9.05. The Morgan fingerprint density at radius 1 is 0.963 bits per heavy atom. The molecule has 5 nitrogen and oxygen atoms in total. The Labute approximate surface area is 162 Å². The van der Waals surface area contributed by atoms with Gasteiger partial charge >= 0.3 is 0 Å². The lowest BCUT2D eigenvalue weighted by atomic mass is 10.2. The van der Waals surface area contributed by atoms with Crippen LogP contribution < -0.4 is 4.74 Å². The second kappa shape index (κ2) is 9.35. The molecular formula is C21H28N2O3S. The van der Waals surface area contributed by atoms with Crippen LogP contribution in [0, 0.1) is 6.92 Å². The Hall–Kier alpha value is -1.89. The summed E-state index contributed by atoms with van der Waals surface area (Å²) in [6.45, 7) is 6.09. The number of nitrogens with zero attached hydrogens (tertiary/aromatic N) is 2. The van der Waals surface area contributed by atoms with E-state index in [0.29, 0.717) is 26.1 Å². The quantitative estimate of drug-likeness (QED) is 0.697. The smallest absolute Gasteiger partial charge is 0.214 e. The van der Waals surface area contributed by atoms with E-state index in [-0.39, 0.29) is 5.75 Å². The standard InChI is InChI=1S/C21H28N2O3S/c1-19-6-5-9-21(18-19)26-16-15-22-11-13-23(14-12-22)27(24,25)17-10-20-7-3-2-4-8-20/h2-9,18H,10-17H2,1H3. The first-order valence-electron chi connectivity index (χ1n) is 9.46. The van der Waals surface area contributed by atoms with Crippen molar-refractivity contribution >= 4 is 10.0 Å². The Balaban J connectivity index is 1.40. The molecule has 0 aliphatic carbocycles. The van der Waals surface area contributed by atoms with Gasteiger partial charge in [-0.2, -0.15) is 4.31 Å². The van der Waals surface area contributed by atoms with Crippen LogP contribution in [-0.4, -0.2) is 62.7 Å². The van der Waals surface area contributed by atoms with E-state index in [4.69, 9.17) is 4.74 Å². The number of aryl methyl sites for hydroxylation is 2. The minimum Gasteiger partial charge on any atom is -0.492 e. The average molecular weight is 389 g/mol. The summed E-state index contributed by atoms with van der Waals surface area (Å²) in [7, 11) is -3.20. The Kier molecular flexibility index (Phi) is 6.88. The van der Waals surface area contributed by atoms with Gasteiger partial charge in [-0.3, -0.25) is 4.90 Å². The average Bonchev–Trinajstić information content (AvgIpc) is 2.68. The van der Waals surface area contributed by atoms with Crippen molar-refractivity contribution in [3.05, 3.63) is 65.7 Å². The van der Waals surface area contributed by atoms with Gasteiger partial charge in [0.2, 0.25) is 10.0 Å². The van der Waals surface area contributed by atoms with Crippen molar-refractivity contribution in [1.82, 2.24) is 9.21 Å². The van der Waals surface area contributed by atoms with Gasteiger partial charge in [0, 0.05) is 32.7 Å². The molecule has 1 aliphatic rings. The highest BCUT2D eigenvalue weighted by Gasteiger charge is 2.26. The van der Waals surface area contributed by atoms with Crippen molar-refractivity contribution in [2.24, 2.45) is 0 Å². The third kappa shape index (κ3) is 6.06. The largest absolute Gasteiger partial charge is 0.492 e. The summed E-state index contributed by atoms with van der Waals surface area (Å²) < 4.78 is 32.6. The normalized spacial score (nSPS) is 16.3. The zero-order chi connectivity index (χ0) is 19.1. The maximum atomic E-state index is 12.6. The van der Waals surface area contributed by atoms with Crippen LogP contribution >= 0.6 is 0 Å².